The number of nitrogens with zero attached hydrogens (tertiary/aromatic N) is 2. The zero-order valence-corrected chi connectivity index (χ0v) is 35.1. The lowest BCUT2D eigenvalue weighted by Gasteiger charge is -2.53. The van der Waals surface area contributed by atoms with E-state index in [-0.39, 0.29) is 5.41 Å². The van der Waals surface area contributed by atoms with Crippen molar-refractivity contribution in [2.75, 3.05) is 0 Å². The molecule has 0 unspecified atom stereocenters. The van der Waals surface area contributed by atoms with Crippen LogP contribution in [0.5, 0.6) is 5.75 Å². The Morgan fingerprint density at radius 3 is 1.83 bits per heavy atom. The van der Waals surface area contributed by atoms with Crippen LogP contribution in [0.2, 0.25) is 0 Å². The number of ether oxygens (including phenoxy) is 1. The van der Waals surface area contributed by atoms with Crippen LogP contribution in [-0.2, 0) is 5.41 Å². The summed E-state index contributed by atoms with van der Waals surface area (Å²) in [5.74, 6) is 2.59. The maximum absolute atomic E-state index is 6.87. The molecule has 13 rings (SSSR count). The number of aromatic nitrogens is 2. The van der Waals surface area contributed by atoms with E-state index in [0.29, 0.717) is 5.82 Å². The highest BCUT2D eigenvalue weighted by Crippen LogP contribution is 2.68. The fourth-order valence-corrected chi connectivity index (χ4v) is 10.9. The summed E-state index contributed by atoms with van der Waals surface area (Å²) in [6, 6.07) is 69.0. The smallest absolute Gasteiger partial charge is 0.160 e. The highest BCUT2D eigenvalue weighted by Gasteiger charge is 2.61. The maximum atomic E-state index is 6.87. The molecule has 4 heteroatoms. The lowest BCUT2D eigenvalue weighted by atomic mass is 9.52. The van der Waals surface area contributed by atoms with Gasteiger partial charge in [-0.05, 0) is 75.7 Å². The molecule has 1 spiro atoms. The minimum absolute atomic E-state index is 0.332. The number of fused-ring (bicyclic) bond motifs is 12. The summed E-state index contributed by atoms with van der Waals surface area (Å²) in [7, 11) is 0. The molecule has 1 aliphatic heterocycles. The quantitative estimate of drug-likeness (QED) is 0.174. The van der Waals surface area contributed by atoms with Gasteiger partial charge in [0.2, 0.25) is 0 Å². The Morgan fingerprint density at radius 1 is 0.469 bits per heavy atom. The van der Waals surface area contributed by atoms with Crippen LogP contribution in [0.4, 0.5) is 0 Å². The first-order valence-corrected chi connectivity index (χ1v) is 22.0. The highest BCUT2D eigenvalue weighted by atomic mass is 16.5. The molecule has 2 aliphatic carbocycles. The summed E-state index contributed by atoms with van der Waals surface area (Å²) in [5.41, 5.74) is 16.6. The molecule has 0 bridgehead atoms. The van der Waals surface area contributed by atoms with Gasteiger partial charge in [-0.15, -0.1) is 0 Å². The Hall–Kier alpha value is -8.08. The van der Waals surface area contributed by atoms with Crippen molar-refractivity contribution < 1.29 is 9.15 Å². The number of rotatable bonds is 5. The second kappa shape index (κ2) is 14.0. The predicted molar refractivity (Wildman–Crippen MR) is 259 cm³/mol. The molecular weight excluding hydrogens is 781 g/mol. The van der Waals surface area contributed by atoms with Crippen LogP contribution >= 0.6 is 0 Å². The first-order valence-electron chi connectivity index (χ1n) is 22.0. The molecule has 3 aliphatic rings. The summed E-state index contributed by atoms with van der Waals surface area (Å²) < 4.78 is 13.2. The van der Waals surface area contributed by atoms with Crippen LogP contribution in [0.3, 0.4) is 0 Å². The molecule has 0 fully saturated rings. The third-order valence-corrected chi connectivity index (χ3v) is 14.0. The molecule has 302 valence electrons. The molecule has 64 heavy (non-hydrogen) atoms. The van der Waals surface area contributed by atoms with Gasteiger partial charge in [-0.2, -0.15) is 0 Å². The van der Waals surface area contributed by atoms with Gasteiger partial charge >= 0.3 is 0 Å². The molecule has 0 saturated heterocycles. The summed E-state index contributed by atoms with van der Waals surface area (Å²) in [5, 5.41) is 2.24. The average Bonchev–Trinajstić information content (AvgIpc) is 3.89. The molecule has 2 aromatic heterocycles. The minimum Gasteiger partial charge on any atom is -0.461 e. The van der Waals surface area contributed by atoms with Gasteiger partial charge in [-0.25, -0.2) is 9.97 Å². The Labute approximate surface area is 371 Å². The van der Waals surface area contributed by atoms with E-state index >= 15 is 0 Å². The highest BCUT2D eigenvalue weighted by molar-refractivity contribution is 6.09. The van der Waals surface area contributed by atoms with Crippen molar-refractivity contribution in [3.05, 3.63) is 235 Å². The fraction of sp³-hybridized carbons (Fsp3) is 0.0667. The van der Waals surface area contributed by atoms with E-state index < -0.39 is 5.41 Å². The molecule has 0 N–H and O–H groups in total. The zero-order valence-electron chi connectivity index (χ0n) is 35.1. The number of furan rings is 1. The number of allylic oxidation sites excluding steroid dienone is 4. The van der Waals surface area contributed by atoms with Crippen LogP contribution in [0.25, 0.3) is 89.2 Å². The van der Waals surface area contributed by atoms with E-state index in [1.807, 2.05) is 18.2 Å². The Bertz CT molecular complexity index is 3520. The molecule has 0 saturated carbocycles. The molecule has 0 amide bonds. The number of hydrogen-bond acceptors (Lipinski definition) is 4. The third kappa shape index (κ3) is 5.29. The van der Waals surface area contributed by atoms with Crippen molar-refractivity contribution >= 4 is 21.9 Å². The van der Waals surface area contributed by atoms with Crippen molar-refractivity contribution in [1.82, 2.24) is 9.97 Å². The summed E-state index contributed by atoms with van der Waals surface area (Å²) in [4.78, 5) is 10.4. The lowest BCUT2D eigenvalue weighted by Crippen LogP contribution is -2.50. The normalized spacial score (nSPS) is 16.5. The van der Waals surface area contributed by atoms with Gasteiger partial charge in [0.15, 0.2) is 5.82 Å². The SMILES string of the molecule is C[C@]12CC=CC=C1Oc1ccc(-c3ccc(-c4nc(-c5ccccc5)cc(-c5ccc(-c6cccc7c6oc6ccccc67)cc5)n4)cc3)cc1C21c2ccccc2-c2ccccc21. The second-order valence-corrected chi connectivity index (χ2v) is 17.4. The lowest BCUT2D eigenvalue weighted by molar-refractivity contribution is 0.153. The van der Waals surface area contributed by atoms with Crippen molar-refractivity contribution in [3.63, 3.8) is 0 Å². The predicted octanol–water partition coefficient (Wildman–Crippen LogP) is 15.3. The minimum atomic E-state index is -0.443. The second-order valence-electron chi connectivity index (χ2n) is 17.4. The largest absolute Gasteiger partial charge is 0.461 e. The Morgan fingerprint density at radius 2 is 1.06 bits per heavy atom. The Kier molecular flexibility index (Phi) is 7.98. The van der Waals surface area contributed by atoms with E-state index in [9.17, 15) is 0 Å². The Balaban J connectivity index is 0.893. The van der Waals surface area contributed by atoms with Gasteiger partial charge in [0.1, 0.15) is 22.7 Å². The van der Waals surface area contributed by atoms with Crippen LogP contribution < -0.4 is 4.74 Å². The fourth-order valence-electron chi connectivity index (χ4n) is 10.9. The average molecular weight is 821 g/mol. The zero-order chi connectivity index (χ0) is 42.4. The first kappa shape index (κ1) is 36.6. The van der Waals surface area contributed by atoms with Crippen LogP contribution in [0, 0.1) is 5.41 Å². The van der Waals surface area contributed by atoms with Gasteiger partial charge in [0.25, 0.3) is 0 Å². The molecule has 3 heterocycles. The summed E-state index contributed by atoms with van der Waals surface area (Å²) >= 11 is 0. The standard InChI is InChI=1S/C60H40N2O2/c1-59-35-12-11-24-56(59)63-55-34-33-43(36-51(55)60(59)49-21-8-5-16-45(49)46-17-6-9-22-50(46)60)38-25-31-42(32-26-38)58-61-52(40-14-3-2-4-15-40)37-53(62-58)41-29-27-39(28-30-41)44-19-13-20-48-47-18-7-10-23-54(47)64-57(44)48/h2-34,36-37H,35H2,1H3/t59-/m0/s1. The number of hydrogen-bond donors (Lipinski definition) is 0. The third-order valence-electron chi connectivity index (χ3n) is 14.0. The topological polar surface area (TPSA) is 48.2 Å². The van der Waals surface area contributed by atoms with Gasteiger partial charge in [-0.1, -0.05) is 189 Å². The van der Waals surface area contributed by atoms with E-state index in [1.165, 1.54) is 27.8 Å². The van der Waals surface area contributed by atoms with Crippen molar-refractivity contribution in [1.29, 1.82) is 0 Å². The summed E-state index contributed by atoms with van der Waals surface area (Å²) in [6.45, 7) is 2.39. The number of para-hydroxylation sites is 2. The monoisotopic (exact) mass is 820 g/mol. The molecule has 0 radical (unpaired) electrons. The molecular formula is C60H40N2O2. The molecule has 4 nitrogen and oxygen atoms in total. The molecule has 1 atom stereocenters. The van der Waals surface area contributed by atoms with Crippen molar-refractivity contribution in [3.8, 4) is 73.0 Å². The van der Waals surface area contributed by atoms with E-state index in [0.717, 1.165) is 90.2 Å². The van der Waals surface area contributed by atoms with Gasteiger partial charge < -0.3 is 9.15 Å². The van der Waals surface area contributed by atoms with Gasteiger partial charge in [-0.3, -0.25) is 0 Å². The summed E-state index contributed by atoms with van der Waals surface area (Å²) in [6.07, 6.45) is 7.48. The van der Waals surface area contributed by atoms with E-state index in [1.54, 1.807) is 0 Å². The maximum Gasteiger partial charge on any atom is 0.160 e. The van der Waals surface area contributed by atoms with Crippen LogP contribution in [0.1, 0.15) is 30.0 Å². The molecule has 10 aromatic rings. The van der Waals surface area contributed by atoms with E-state index in [2.05, 4.69) is 201 Å². The van der Waals surface area contributed by atoms with Gasteiger partial charge in [0.05, 0.1) is 16.8 Å². The number of benzene rings is 8. The van der Waals surface area contributed by atoms with Crippen molar-refractivity contribution in [2.24, 2.45) is 5.41 Å². The van der Waals surface area contributed by atoms with Gasteiger partial charge in [0, 0.05) is 44.0 Å². The van der Waals surface area contributed by atoms with Crippen LogP contribution in [0.15, 0.2) is 223 Å². The van der Waals surface area contributed by atoms with E-state index in [4.69, 9.17) is 19.1 Å². The first-order chi connectivity index (χ1) is 31.6. The molecule has 8 aromatic carbocycles. The van der Waals surface area contributed by atoms with Crippen LogP contribution in [-0.4, -0.2) is 9.97 Å². The van der Waals surface area contributed by atoms with Crippen molar-refractivity contribution in [2.45, 2.75) is 18.8 Å².